The first kappa shape index (κ1) is 14.8. The van der Waals surface area contributed by atoms with Gasteiger partial charge in [-0.1, -0.05) is 13.8 Å². The molecule has 1 aliphatic rings. The van der Waals surface area contributed by atoms with Gasteiger partial charge in [0.1, 0.15) is 11.4 Å². The summed E-state index contributed by atoms with van der Waals surface area (Å²) < 4.78 is 5.26. The second-order valence-electron chi connectivity index (χ2n) is 7.07. The SMILES string of the molecule is COc1ccc2[nH]c(-c3nc4c([nH]3)CC(C)(C)CNC4=O)cc2c1. The Labute approximate surface area is 139 Å². The highest BCUT2D eigenvalue weighted by Gasteiger charge is 2.30. The van der Waals surface area contributed by atoms with E-state index in [1.807, 2.05) is 24.3 Å². The van der Waals surface area contributed by atoms with E-state index < -0.39 is 0 Å². The summed E-state index contributed by atoms with van der Waals surface area (Å²) in [5, 5.41) is 3.99. The fourth-order valence-electron chi connectivity index (χ4n) is 3.16. The molecule has 124 valence electrons. The molecule has 1 aromatic carbocycles. The Morgan fingerprint density at radius 3 is 2.83 bits per heavy atom. The molecule has 0 saturated carbocycles. The number of ether oxygens (including phenoxy) is 1. The van der Waals surface area contributed by atoms with E-state index in [0.29, 0.717) is 18.1 Å². The topological polar surface area (TPSA) is 82.8 Å². The maximum absolute atomic E-state index is 12.3. The lowest BCUT2D eigenvalue weighted by Gasteiger charge is -2.21. The predicted octanol–water partition coefficient (Wildman–Crippen LogP) is 2.88. The van der Waals surface area contributed by atoms with Crippen LogP contribution in [0.4, 0.5) is 0 Å². The number of imidazole rings is 1. The number of carbonyl (C=O) groups excluding carboxylic acids is 1. The molecule has 4 rings (SSSR count). The van der Waals surface area contributed by atoms with Crippen LogP contribution >= 0.6 is 0 Å². The Hall–Kier alpha value is -2.76. The van der Waals surface area contributed by atoms with Crippen molar-refractivity contribution in [2.24, 2.45) is 5.41 Å². The summed E-state index contributed by atoms with van der Waals surface area (Å²) in [7, 11) is 1.65. The van der Waals surface area contributed by atoms with E-state index in [1.54, 1.807) is 7.11 Å². The molecule has 0 radical (unpaired) electrons. The van der Waals surface area contributed by atoms with Crippen molar-refractivity contribution in [2.75, 3.05) is 13.7 Å². The van der Waals surface area contributed by atoms with E-state index in [0.717, 1.165) is 34.5 Å². The first-order chi connectivity index (χ1) is 11.4. The Morgan fingerprint density at radius 1 is 1.21 bits per heavy atom. The van der Waals surface area contributed by atoms with Gasteiger partial charge in [-0.05, 0) is 36.1 Å². The molecular formula is C18H20N4O2. The van der Waals surface area contributed by atoms with Crippen molar-refractivity contribution in [1.82, 2.24) is 20.3 Å². The summed E-state index contributed by atoms with van der Waals surface area (Å²) in [6, 6.07) is 7.87. The summed E-state index contributed by atoms with van der Waals surface area (Å²) in [6.45, 7) is 4.92. The highest BCUT2D eigenvalue weighted by Crippen LogP contribution is 2.29. The smallest absolute Gasteiger partial charge is 0.271 e. The highest BCUT2D eigenvalue weighted by atomic mass is 16.5. The van der Waals surface area contributed by atoms with E-state index in [-0.39, 0.29) is 11.3 Å². The zero-order valence-corrected chi connectivity index (χ0v) is 14.0. The molecule has 3 aromatic rings. The Bertz CT molecular complexity index is 936. The van der Waals surface area contributed by atoms with Crippen LogP contribution in [0.15, 0.2) is 24.3 Å². The van der Waals surface area contributed by atoms with Crippen LogP contribution in [0.5, 0.6) is 5.75 Å². The van der Waals surface area contributed by atoms with E-state index >= 15 is 0 Å². The molecule has 2 aromatic heterocycles. The second-order valence-corrected chi connectivity index (χ2v) is 7.07. The van der Waals surface area contributed by atoms with Gasteiger partial charge < -0.3 is 20.0 Å². The number of methoxy groups -OCH3 is 1. The zero-order valence-electron chi connectivity index (χ0n) is 14.0. The van der Waals surface area contributed by atoms with Crippen LogP contribution in [0.1, 0.15) is 30.0 Å². The molecule has 0 bridgehead atoms. The average molecular weight is 324 g/mol. The van der Waals surface area contributed by atoms with Crippen LogP contribution in [0.25, 0.3) is 22.4 Å². The van der Waals surface area contributed by atoms with Crippen molar-refractivity contribution in [1.29, 1.82) is 0 Å². The lowest BCUT2D eigenvalue weighted by molar-refractivity contribution is 0.0940. The van der Waals surface area contributed by atoms with E-state index in [4.69, 9.17) is 4.74 Å². The Balaban J connectivity index is 1.78. The lowest BCUT2D eigenvalue weighted by Crippen LogP contribution is -2.32. The van der Waals surface area contributed by atoms with Gasteiger partial charge in [0.2, 0.25) is 0 Å². The second kappa shape index (κ2) is 5.12. The standard InChI is InChI=1S/C18H20N4O2/c1-18(2)8-14-15(17(23)19-9-18)22-16(21-14)13-7-10-6-11(24-3)4-5-12(10)20-13/h4-7,20H,8-9H2,1-3H3,(H,19,23)(H,21,22). The third kappa shape index (κ3) is 2.44. The number of nitrogens with zero attached hydrogens (tertiary/aromatic N) is 1. The fourth-order valence-corrected chi connectivity index (χ4v) is 3.16. The summed E-state index contributed by atoms with van der Waals surface area (Å²) in [4.78, 5) is 23.5. The van der Waals surface area contributed by atoms with Crippen LogP contribution in [0.2, 0.25) is 0 Å². The predicted molar refractivity (Wildman–Crippen MR) is 92.3 cm³/mol. The zero-order chi connectivity index (χ0) is 16.9. The third-order valence-corrected chi connectivity index (χ3v) is 4.46. The molecule has 0 saturated heterocycles. The van der Waals surface area contributed by atoms with Gasteiger partial charge in [0.05, 0.1) is 12.8 Å². The molecule has 0 atom stereocenters. The van der Waals surface area contributed by atoms with Gasteiger partial charge in [-0.2, -0.15) is 0 Å². The van der Waals surface area contributed by atoms with Crippen LogP contribution in [-0.2, 0) is 6.42 Å². The minimum Gasteiger partial charge on any atom is -0.497 e. The molecule has 0 spiro atoms. The maximum atomic E-state index is 12.3. The fraction of sp³-hybridized carbons (Fsp3) is 0.333. The summed E-state index contributed by atoms with van der Waals surface area (Å²) >= 11 is 0. The number of rotatable bonds is 2. The number of amides is 1. The largest absolute Gasteiger partial charge is 0.497 e. The molecule has 6 heteroatoms. The third-order valence-electron chi connectivity index (χ3n) is 4.46. The van der Waals surface area contributed by atoms with Gasteiger partial charge in [-0.25, -0.2) is 4.98 Å². The van der Waals surface area contributed by atoms with Crippen molar-refractivity contribution in [3.63, 3.8) is 0 Å². The number of H-pyrrole nitrogens is 2. The average Bonchev–Trinajstić information content (AvgIpc) is 3.12. The number of nitrogens with one attached hydrogen (secondary N) is 3. The molecule has 1 aliphatic heterocycles. The van der Waals surface area contributed by atoms with Crippen LogP contribution < -0.4 is 10.1 Å². The van der Waals surface area contributed by atoms with E-state index in [9.17, 15) is 4.79 Å². The van der Waals surface area contributed by atoms with Crippen LogP contribution in [-0.4, -0.2) is 34.5 Å². The molecule has 3 heterocycles. The summed E-state index contributed by atoms with van der Waals surface area (Å²) in [6.07, 6.45) is 0.780. The number of fused-ring (bicyclic) bond motifs is 2. The number of carbonyl (C=O) groups is 1. The van der Waals surface area contributed by atoms with Crippen LogP contribution in [0.3, 0.4) is 0 Å². The maximum Gasteiger partial charge on any atom is 0.271 e. The van der Waals surface area contributed by atoms with Crippen molar-refractivity contribution in [2.45, 2.75) is 20.3 Å². The molecule has 3 N–H and O–H groups in total. The van der Waals surface area contributed by atoms with Gasteiger partial charge >= 0.3 is 0 Å². The first-order valence-corrected chi connectivity index (χ1v) is 7.99. The number of benzene rings is 1. The van der Waals surface area contributed by atoms with Gasteiger partial charge in [0.15, 0.2) is 5.82 Å². The highest BCUT2D eigenvalue weighted by molar-refractivity contribution is 5.95. The Kier molecular flexibility index (Phi) is 3.16. The number of hydrogen-bond acceptors (Lipinski definition) is 3. The lowest BCUT2D eigenvalue weighted by atomic mass is 9.88. The summed E-state index contributed by atoms with van der Waals surface area (Å²) in [5.74, 6) is 1.38. The number of hydrogen-bond donors (Lipinski definition) is 3. The van der Waals surface area contributed by atoms with Gasteiger partial charge in [-0.15, -0.1) is 0 Å². The molecule has 6 nitrogen and oxygen atoms in total. The molecule has 0 unspecified atom stereocenters. The van der Waals surface area contributed by atoms with Gasteiger partial charge in [-0.3, -0.25) is 4.79 Å². The monoisotopic (exact) mass is 324 g/mol. The van der Waals surface area contributed by atoms with Crippen molar-refractivity contribution in [3.8, 4) is 17.3 Å². The molecule has 24 heavy (non-hydrogen) atoms. The molecule has 1 amide bonds. The van der Waals surface area contributed by atoms with Crippen LogP contribution in [0, 0.1) is 5.41 Å². The first-order valence-electron chi connectivity index (χ1n) is 7.99. The summed E-state index contributed by atoms with van der Waals surface area (Å²) in [5.41, 5.74) is 3.24. The number of aromatic amines is 2. The van der Waals surface area contributed by atoms with E-state index in [1.165, 1.54) is 0 Å². The molecule has 0 aliphatic carbocycles. The molecule has 0 fully saturated rings. The van der Waals surface area contributed by atoms with E-state index in [2.05, 4.69) is 34.1 Å². The minimum absolute atomic E-state index is 0.00146. The quantitative estimate of drug-likeness (QED) is 0.678. The normalized spacial score (nSPS) is 16.5. The van der Waals surface area contributed by atoms with Gasteiger partial charge in [0.25, 0.3) is 5.91 Å². The van der Waals surface area contributed by atoms with Crippen molar-refractivity contribution >= 4 is 16.8 Å². The Morgan fingerprint density at radius 2 is 2.04 bits per heavy atom. The molecular weight excluding hydrogens is 304 g/mol. The number of aromatic nitrogens is 3. The minimum atomic E-state index is -0.115. The van der Waals surface area contributed by atoms with Crippen molar-refractivity contribution < 1.29 is 9.53 Å². The van der Waals surface area contributed by atoms with Gasteiger partial charge in [0, 0.05) is 23.1 Å². The van der Waals surface area contributed by atoms with Crippen molar-refractivity contribution in [3.05, 3.63) is 35.7 Å².